The van der Waals surface area contributed by atoms with Crippen LogP contribution in [-0.4, -0.2) is 54.6 Å². The van der Waals surface area contributed by atoms with E-state index in [0.29, 0.717) is 30.9 Å². The summed E-state index contributed by atoms with van der Waals surface area (Å²) in [5, 5.41) is 3.00. The Bertz CT molecular complexity index is 927. The van der Waals surface area contributed by atoms with Crippen LogP contribution in [0.15, 0.2) is 48.5 Å². The molecule has 2 amide bonds. The number of carbonyl (C=O) groups excluding carboxylic acids is 2. The monoisotopic (exact) mass is 465 g/mol. The van der Waals surface area contributed by atoms with Gasteiger partial charge in [-0.25, -0.2) is 9.59 Å². The molecule has 6 nitrogen and oxygen atoms in total. The number of amides is 2. The van der Waals surface area contributed by atoms with Crippen LogP contribution in [0.4, 0.5) is 10.5 Å². The number of esters is 1. The average Bonchev–Trinajstić information content (AvgIpc) is 2.82. The van der Waals surface area contributed by atoms with Crippen LogP contribution in [0.25, 0.3) is 0 Å². The zero-order chi connectivity index (χ0) is 24.6. The summed E-state index contributed by atoms with van der Waals surface area (Å²) in [4.78, 5) is 29.5. The van der Waals surface area contributed by atoms with Crippen molar-refractivity contribution in [3.8, 4) is 0 Å². The lowest BCUT2D eigenvalue weighted by atomic mass is 9.87. The summed E-state index contributed by atoms with van der Waals surface area (Å²) in [6.45, 7) is 13.0. The second-order valence-electron chi connectivity index (χ2n) is 10.00. The van der Waals surface area contributed by atoms with Crippen molar-refractivity contribution in [3.63, 3.8) is 0 Å². The van der Waals surface area contributed by atoms with Crippen molar-refractivity contribution >= 4 is 17.7 Å². The standard InChI is InChI=1S/C28H39N3O3/c1-5-34-26(32)23-11-15-25(16-12-23)29-27(33)31(20-19-30-17-7-6-8-18-30)21-22-9-13-24(14-10-22)28(2,3)4/h9-16H,5-8,17-21H2,1-4H3,(H,29,33). The maximum atomic E-state index is 13.2. The van der Waals surface area contributed by atoms with E-state index in [1.807, 2.05) is 4.90 Å². The van der Waals surface area contributed by atoms with Crippen LogP contribution in [0.5, 0.6) is 0 Å². The minimum absolute atomic E-state index is 0.0968. The molecule has 0 atom stereocenters. The molecule has 2 aromatic rings. The van der Waals surface area contributed by atoms with Crippen LogP contribution in [0.2, 0.25) is 0 Å². The third-order valence-corrected chi connectivity index (χ3v) is 6.26. The number of ether oxygens (including phenoxy) is 1. The van der Waals surface area contributed by atoms with Gasteiger partial charge in [0.1, 0.15) is 0 Å². The molecule has 0 aliphatic carbocycles. The van der Waals surface area contributed by atoms with Crippen molar-refractivity contribution in [1.29, 1.82) is 0 Å². The molecule has 184 valence electrons. The summed E-state index contributed by atoms with van der Waals surface area (Å²) in [7, 11) is 0. The Kier molecular flexibility index (Phi) is 9.11. The number of likely N-dealkylation sites (tertiary alicyclic amines) is 1. The lowest BCUT2D eigenvalue weighted by Gasteiger charge is -2.30. The molecule has 2 aromatic carbocycles. The molecule has 1 aliphatic heterocycles. The van der Waals surface area contributed by atoms with E-state index in [1.54, 1.807) is 31.2 Å². The van der Waals surface area contributed by atoms with E-state index in [0.717, 1.165) is 25.2 Å². The highest BCUT2D eigenvalue weighted by atomic mass is 16.5. The smallest absolute Gasteiger partial charge is 0.338 e. The van der Waals surface area contributed by atoms with Gasteiger partial charge in [-0.3, -0.25) is 0 Å². The zero-order valence-electron chi connectivity index (χ0n) is 21.1. The van der Waals surface area contributed by atoms with Gasteiger partial charge in [-0.1, -0.05) is 51.5 Å². The first kappa shape index (κ1) is 25.8. The van der Waals surface area contributed by atoms with Gasteiger partial charge in [0.25, 0.3) is 0 Å². The minimum Gasteiger partial charge on any atom is -0.462 e. The molecule has 1 fully saturated rings. The lowest BCUT2D eigenvalue weighted by molar-refractivity contribution is 0.0526. The van der Waals surface area contributed by atoms with Gasteiger partial charge in [0.2, 0.25) is 0 Å². The molecule has 0 radical (unpaired) electrons. The number of carbonyl (C=O) groups is 2. The minimum atomic E-state index is -0.359. The maximum absolute atomic E-state index is 13.2. The Morgan fingerprint density at radius 2 is 1.62 bits per heavy atom. The molecular weight excluding hydrogens is 426 g/mol. The fourth-order valence-electron chi connectivity index (χ4n) is 4.13. The van der Waals surface area contributed by atoms with Crippen molar-refractivity contribution in [1.82, 2.24) is 9.80 Å². The molecule has 34 heavy (non-hydrogen) atoms. The predicted molar refractivity (Wildman–Crippen MR) is 137 cm³/mol. The van der Waals surface area contributed by atoms with Crippen LogP contribution in [0, 0.1) is 0 Å². The van der Waals surface area contributed by atoms with E-state index in [9.17, 15) is 9.59 Å². The Labute approximate surface area is 204 Å². The van der Waals surface area contributed by atoms with E-state index in [4.69, 9.17) is 4.74 Å². The summed E-state index contributed by atoms with van der Waals surface area (Å²) in [5.74, 6) is -0.359. The number of urea groups is 1. The van der Waals surface area contributed by atoms with Crippen molar-refractivity contribution in [2.75, 3.05) is 38.1 Å². The van der Waals surface area contributed by atoms with E-state index < -0.39 is 0 Å². The molecule has 3 rings (SSSR count). The maximum Gasteiger partial charge on any atom is 0.338 e. The molecule has 1 aliphatic rings. The first-order valence-corrected chi connectivity index (χ1v) is 12.4. The fraction of sp³-hybridized carbons (Fsp3) is 0.500. The van der Waals surface area contributed by atoms with Crippen molar-refractivity contribution in [2.45, 2.75) is 58.9 Å². The van der Waals surface area contributed by atoms with E-state index in [-0.39, 0.29) is 17.4 Å². The van der Waals surface area contributed by atoms with Gasteiger partial charge in [0.05, 0.1) is 12.2 Å². The first-order valence-electron chi connectivity index (χ1n) is 12.4. The summed E-state index contributed by atoms with van der Waals surface area (Å²) < 4.78 is 5.03. The molecule has 1 N–H and O–H groups in total. The number of hydrogen-bond acceptors (Lipinski definition) is 4. The quantitative estimate of drug-likeness (QED) is 0.510. The van der Waals surface area contributed by atoms with Gasteiger partial charge in [0.15, 0.2) is 0 Å². The van der Waals surface area contributed by atoms with E-state index in [1.165, 1.54) is 24.8 Å². The number of rotatable bonds is 8. The number of benzene rings is 2. The number of hydrogen-bond donors (Lipinski definition) is 1. The molecule has 0 saturated carbocycles. The van der Waals surface area contributed by atoms with E-state index >= 15 is 0 Å². The van der Waals surface area contributed by atoms with E-state index in [2.05, 4.69) is 55.3 Å². The number of anilines is 1. The Hall–Kier alpha value is -2.86. The highest BCUT2D eigenvalue weighted by Gasteiger charge is 2.19. The summed E-state index contributed by atoms with van der Waals surface area (Å²) in [6.07, 6.45) is 3.75. The third kappa shape index (κ3) is 7.59. The SMILES string of the molecule is CCOC(=O)c1ccc(NC(=O)N(CCN2CCCCC2)Cc2ccc(C(C)(C)C)cc2)cc1. The molecule has 1 heterocycles. The van der Waals surface area contributed by atoms with Gasteiger partial charge >= 0.3 is 12.0 Å². The van der Waals surface area contributed by atoms with Crippen LogP contribution in [0.3, 0.4) is 0 Å². The lowest BCUT2D eigenvalue weighted by Crippen LogP contribution is -2.41. The fourth-order valence-corrected chi connectivity index (χ4v) is 4.13. The number of nitrogens with one attached hydrogen (secondary N) is 1. The Morgan fingerprint density at radius 3 is 2.21 bits per heavy atom. The number of piperidine rings is 1. The summed E-state index contributed by atoms with van der Waals surface area (Å²) in [6, 6.07) is 15.3. The molecule has 6 heteroatoms. The van der Waals surface area contributed by atoms with Crippen LogP contribution < -0.4 is 5.32 Å². The van der Waals surface area contributed by atoms with Gasteiger partial charge in [-0.05, 0) is 73.7 Å². The van der Waals surface area contributed by atoms with Gasteiger partial charge in [-0.15, -0.1) is 0 Å². The highest BCUT2D eigenvalue weighted by Crippen LogP contribution is 2.23. The third-order valence-electron chi connectivity index (χ3n) is 6.26. The molecule has 0 bridgehead atoms. The second-order valence-corrected chi connectivity index (χ2v) is 10.00. The average molecular weight is 466 g/mol. The Morgan fingerprint density at radius 1 is 0.971 bits per heavy atom. The second kappa shape index (κ2) is 12.0. The normalized spacial score (nSPS) is 14.5. The van der Waals surface area contributed by atoms with Gasteiger partial charge < -0.3 is 19.9 Å². The zero-order valence-corrected chi connectivity index (χ0v) is 21.1. The molecule has 0 aromatic heterocycles. The van der Waals surface area contributed by atoms with Crippen LogP contribution in [-0.2, 0) is 16.7 Å². The Balaban J connectivity index is 1.68. The van der Waals surface area contributed by atoms with Crippen molar-refractivity contribution in [2.24, 2.45) is 0 Å². The number of nitrogens with zero attached hydrogens (tertiary/aromatic N) is 2. The topological polar surface area (TPSA) is 61.9 Å². The predicted octanol–water partition coefficient (Wildman–Crippen LogP) is 5.68. The summed E-state index contributed by atoms with van der Waals surface area (Å²) in [5.41, 5.74) is 3.62. The van der Waals surface area contributed by atoms with Crippen LogP contribution in [0.1, 0.15) is 68.4 Å². The van der Waals surface area contributed by atoms with Crippen molar-refractivity contribution < 1.29 is 14.3 Å². The summed E-state index contributed by atoms with van der Waals surface area (Å²) >= 11 is 0. The first-order chi connectivity index (χ1) is 16.3. The largest absolute Gasteiger partial charge is 0.462 e. The van der Waals surface area contributed by atoms with Crippen molar-refractivity contribution in [3.05, 3.63) is 65.2 Å². The van der Waals surface area contributed by atoms with Gasteiger partial charge in [0, 0.05) is 25.3 Å². The van der Waals surface area contributed by atoms with Crippen LogP contribution >= 0.6 is 0 Å². The highest BCUT2D eigenvalue weighted by molar-refractivity contribution is 5.92. The molecule has 1 saturated heterocycles. The van der Waals surface area contributed by atoms with Gasteiger partial charge in [-0.2, -0.15) is 0 Å². The molecular formula is C28H39N3O3. The molecule has 0 unspecified atom stereocenters. The molecule has 0 spiro atoms.